The topological polar surface area (TPSA) is 64.9 Å². The smallest absolute Gasteiger partial charge is 0.236 e. The number of benzene rings is 3. The van der Waals surface area contributed by atoms with Crippen LogP contribution in [0.5, 0.6) is 0 Å². The second-order valence-corrected chi connectivity index (χ2v) is 6.94. The van der Waals surface area contributed by atoms with E-state index >= 15 is 0 Å². The van der Waals surface area contributed by atoms with Gasteiger partial charge in [-0.25, -0.2) is 0 Å². The van der Waals surface area contributed by atoms with E-state index in [1.807, 2.05) is 37.3 Å². The summed E-state index contributed by atoms with van der Waals surface area (Å²) >= 11 is 0. The Morgan fingerprint density at radius 3 is 2.38 bits per heavy atom. The molecule has 4 aromatic rings. The van der Waals surface area contributed by atoms with Gasteiger partial charge in [0.1, 0.15) is 0 Å². The van der Waals surface area contributed by atoms with Crippen LogP contribution in [0.25, 0.3) is 10.8 Å². The summed E-state index contributed by atoms with van der Waals surface area (Å²) in [6.07, 6.45) is 1.24. The number of fused-ring (bicyclic) bond motifs is 1. The second-order valence-electron chi connectivity index (χ2n) is 6.94. The fourth-order valence-corrected chi connectivity index (χ4v) is 3.17. The molecule has 0 radical (unpaired) electrons. The van der Waals surface area contributed by atoms with E-state index in [1.54, 1.807) is 0 Å². The first kappa shape index (κ1) is 16.5. The highest BCUT2D eigenvalue weighted by Crippen LogP contribution is 2.23. The zero-order chi connectivity index (χ0) is 18.0. The maximum absolute atomic E-state index is 6.45. The van der Waals surface area contributed by atoms with Crippen LogP contribution in [-0.4, -0.2) is 10.2 Å². The lowest BCUT2D eigenvalue weighted by Gasteiger charge is -2.20. The molecule has 130 valence electrons. The molecule has 26 heavy (non-hydrogen) atoms. The van der Waals surface area contributed by atoms with E-state index < -0.39 is 5.54 Å². The summed E-state index contributed by atoms with van der Waals surface area (Å²) < 4.78 is 5.89. The molecule has 0 unspecified atom stereocenters. The highest BCUT2D eigenvalue weighted by atomic mass is 16.4. The molecule has 1 heterocycles. The van der Waals surface area contributed by atoms with Crippen LogP contribution < -0.4 is 5.73 Å². The van der Waals surface area contributed by atoms with Crippen molar-refractivity contribution in [2.24, 2.45) is 5.73 Å². The van der Waals surface area contributed by atoms with E-state index in [2.05, 4.69) is 52.7 Å². The summed E-state index contributed by atoms with van der Waals surface area (Å²) in [4.78, 5) is 0. The van der Waals surface area contributed by atoms with Crippen LogP contribution >= 0.6 is 0 Å². The number of rotatable bonds is 5. The lowest BCUT2D eigenvalue weighted by Crippen LogP contribution is -2.35. The van der Waals surface area contributed by atoms with Gasteiger partial charge in [-0.05, 0) is 35.2 Å². The third-order valence-electron chi connectivity index (χ3n) is 4.54. The monoisotopic (exact) mass is 343 g/mol. The molecule has 0 aliphatic rings. The van der Waals surface area contributed by atoms with Crippen LogP contribution in [0, 0.1) is 0 Å². The second kappa shape index (κ2) is 6.73. The van der Waals surface area contributed by atoms with E-state index in [9.17, 15) is 0 Å². The number of hydrogen-bond donors (Lipinski definition) is 1. The molecule has 0 amide bonds. The molecule has 0 aliphatic heterocycles. The Morgan fingerprint density at radius 1 is 0.846 bits per heavy atom. The third-order valence-corrected chi connectivity index (χ3v) is 4.54. The highest BCUT2D eigenvalue weighted by molar-refractivity contribution is 5.83. The quantitative estimate of drug-likeness (QED) is 0.589. The van der Waals surface area contributed by atoms with Gasteiger partial charge in [0, 0.05) is 0 Å². The summed E-state index contributed by atoms with van der Waals surface area (Å²) in [6, 6.07) is 24.8. The lowest BCUT2D eigenvalue weighted by atomic mass is 9.94. The SMILES string of the molecule is C[C@](N)(Cc1ccccc1)c1nnc(Cc2ccc3ccccc3c2)o1. The van der Waals surface area contributed by atoms with Gasteiger partial charge >= 0.3 is 0 Å². The minimum atomic E-state index is -0.698. The van der Waals surface area contributed by atoms with Gasteiger partial charge in [0.2, 0.25) is 11.8 Å². The Bertz CT molecular complexity index is 1020. The van der Waals surface area contributed by atoms with Crippen molar-refractivity contribution in [3.63, 3.8) is 0 Å². The zero-order valence-electron chi connectivity index (χ0n) is 14.7. The van der Waals surface area contributed by atoms with Gasteiger partial charge in [-0.3, -0.25) is 0 Å². The number of hydrogen-bond acceptors (Lipinski definition) is 4. The molecule has 3 aromatic carbocycles. The predicted octanol–water partition coefficient (Wildman–Crippen LogP) is 4.23. The van der Waals surface area contributed by atoms with E-state index in [0.29, 0.717) is 24.6 Å². The van der Waals surface area contributed by atoms with Gasteiger partial charge in [0.25, 0.3) is 0 Å². The molecular weight excluding hydrogens is 322 g/mol. The Labute approximate surface area is 152 Å². The van der Waals surface area contributed by atoms with Crippen LogP contribution in [0.15, 0.2) is 77.2 Å². The van der Waals surface area contributed by atoms with E-state index in [1.165, 1.54) is 10.8 Å². The molecule has 0 saturated carbocycles. The average molecular weight is 343 g/mol. The van der Waals surface area contributed by atoms with Crippen LogP contribution in [0.4, 0.5) is 0 Å². The molecular formula is C22H21N3O. The predicted molar refractivity (Wildman–Crippen MR) is 103 cm³/mol. The van der Waals surface area contributed by atoms with Crippen LogP contribution in [0.3, 0.4) is 0 Å². The van der Waals surface area contributed by atoms with Gasteiger partial charge in [-0.15, -0.1) is 10.2 Å². The normalized spacial score (nSPS) is 13.6. The molecule has 0 aliphatic carbocycles. The van der Waals surface area contributed by atoms with Crippen molar-refractivity contribution in [2.75, 3.05) is 0 Å². The lowest BCUT2D eigenvalue weighted by molar-refractivity contribution is 0.339. The Hall–Kier alpha value is -2.98. The molecule has 0 fully saturated rings. The summed E-state index contributed by atoms with van der Waals surface area (Å²) in [5, 5.41) is 10.8. The first-order chi connectivity index (χ1) is 12.6. The fraction of sp³-hybridized carbons (Fsp3) is 0.182. The van der Waals surface area contributed by atoms with Gasteiger partial charge < -0.3 is 10.2 Å². The molecule has 4 nitrogen and oxygen atoms in total. The van der Waals surface area contributed by atoms with Crippen LogP contribution in [-0.2, 0) is 18.4 Å². The highest BCUT2D eigenvalue weighted by Gasteiger charge is 2.28. The molecule has 0 spiro atoms. The summed E-state index contributed by atoms with van der Waals surface area (Å²) in [5.41, 5.74) is 8.04. The minimum Gasteiger partial charge on any atom is -0.423 e. The van der Waals surface area contributed by atoms with Crippen molar-refractivity contribution in [1.82, 2.24) is 10.2 Å². The maximum atomic E-state index is 6.45. The largest absolute Gasteiger partial charge is 0.423 e. The average Bonchev–Trinajstić information content (AvgIpc) is 3.12. The van der Waals surface area contributed by atoms with E-state index in [0.717, 1.165) is 11.1 Å². The standard InChI is InChI=1S/C22H21N3O/c1-22(23,15-16-7-3-2-4-8-16)21-25-24-20(26-21)14-17-11-12-18-9-5-6-10-19(18)13-17/h2-13H,14-15,23H2,1H3/t22-/m0/s1. The Morgan fingerprint density at radius 2 is 1.58 bits per heavy atom. The van der Waals surface area contributed by atoms with Crippen molar-refractivity contribution in [3.05, 3.63) is 95.7 Å². The zero-order valence-corrected chi connectivity index (χ0v) is 14.7. The van der Waals surface area contributed by atoms with Crippen molar-refractivity contribution >= 4 is 10.8 Å². The maximum Gasteiger partial charge on any atom is 0.236 e. The molecule has 1 atom stereocenters. The van der Waals surface area contributed by atoms with E-state index in [-0.39, 0.29) is 0 Å². The molecule has 4 rings (SSSR count). The van der Waals surface area contributed by atoms with E-state index in [4.69, 9.17) is 10.2 Å². The van der Waals surface area contributed by atoms with Gasteiger partial charge in [0.15, 0.2) is 0 Å². The Kier molecular flexibility index (Phi) is 4.27. The number of nitrogens with two attached hydrogens (primary N) is 1. The van der Waals surface area contributed by atoms with Crippen molar-refractivity contribution in [3.8, 4) is 0 Å². The number of nitrogens with zero attached hydrogens (tertiary/aromatic N) is 2. The summed E-state index contributed by atoms with van der Waals surface area (Å²) in [5.74, 6) is 1.05. The molecule has 0 bridgehead atoms. The third kappa shape index (κ3) is 3.51. The first-order valence-corrected chi connectivity index (χ1v) is 8.73. The van der Waals surface area contributed by atoms with Gasteiger partial charge in [-0.2, -0.15) is 0 Å². The Balaban J connectivity index is 1.53. The van der Waals surface area contributed by atoms with Crippen LogP contribution in [0.1, 0.15) is 29.8 Å². The first-order valence-electron chi connectivity index (χ1n) is 8.73. The molecule has 4 heteroatoms. The van der Waals surface area contributed by atoms with Crippen molar-refractivity contribution in [2.45, 2.75) is 25.3 Å². The van der Waals surface area contributed by atoms with Crippen molar-refractivity contribution < 1.29 is 4.42 Å². The van der Waals surface area contributed by atoms with Gasteiger partial charge in [-0.1, -0.05) is 72.8 Å². The fourth-order valence-electron chi connectivity index (χ4n) is 3.17. The molecule has 2 N–H and O–H groups in total. The summed E-state index contributed by atoms with van der Waals surface area (Å²) in [7, 11) is 0. The van der Waals surface area contributed by atoms with Crippen molar-refractivity contribution in [1.29, 1.82) is 0 Å². The molecule has 0 saturated heterocycles. The van der Waals surface area contributed by atoms with Crippen LogP contribution in [0.2, 0.25) is 0 Å². The van der Waals surface area contributed by atoms with Gasteiger partial charge in [0.05, 0.1) is 12.0 Å². The number of aromatic nitrogens is 2. The summed E-state index contributed by atoms with van der Waals surface area (Å²) in [6.45, 7) is 1.92. The minimum absolute atomic E-state index is 0.470. The molecule has 1 aromatic heterocycles.